The highest BCUT2D eigenvalue weighted by atomic mass is 16.5. The van der Waals surface area contributed by atoms with Crippen LogP contribution in [0.5, 0.6) is 5.75 Å². The summed E-state index contributed by atoms with van der Waals surface area (Å²) in [5.41, 5.74) is 6.72. The van der Waals surface area contributed by atoms with Gasteiger partial charge in [-0.1, -0.05) is 13.0 Å². The van der Waals surface area contributed by atoms with Crippen molar-refractivity contribution < 1.29 is 9.53 Å². The number of amides is 1. The molecule has 1 aliphatic carbocycles. The highest BCUT2D eigenvalue weighted by molar-refractivity contribution is 6.01. The zero-order chi connectivity index (χ0) is 13.1. The van der Waals surface area contributed by atoms with Crippen molar-refractivity contribution in [3.8, 4) is 5.75 Å². The lowest BCUT2D eigenvalue weighted by atomic mass is 10.1. The molecule has 0 aliphatic heterocycles. The van der Waals surface area contributed by atoms with Crippen molar-refractivity contribution >= 4 is 11.6 Å². The first-order valence-corrected chi connectivity index (χ1v) is 6.34. The van der Waals surface area contributed by atoms with Crippen molar-refractivity contribution in [1.82, 2.24) is 5.32 Å². The summed E-state index contributed by atoms with van der Waals surface area (Å²) in [4.78, 5) is 12.1. The van der Waals surface area contributed by atoms with Crippen LogP contribution in [-0.4, -0.2) is 19.6 Å². The molecule has 0 spiro atoms. The van der Waals surface area contributed by atoms with Crippen LogP contribution in [0.2, 0.25) is 0 Å². The van der Waals surface area contributed by atoms with E-state index in [9.17, 15) is 4.79 Å². The van der Waals surface area contributed by atoms with Crippen LogP contribution in [0.15, 0.2) is 18.2 Å². The molecule has 18 heavy (non-hydrogen) atoms. The number of nitrogens with two attached hydrogens (primary N) is 1. The number of hydrogen-bond acceptors (Lipinski definition) is 3. The summed E-state index contributed by atoms with van der Waals surface area (Å²) in [5.74, 6) is 1.68. The first-order valence-electron chi connectivity index (χ1n) is 6.34. The Morgan fingerprint density at radius 1 is 1.56 bits per heavy atom. The third kappa shape index (κ3) is 2.75. The van der Waals surface area contributed by atoms with E-state index in [-0.39, 0.29) is 5.91 Å². The van der Waals surface area contributed by atoms with Gasteiger partial charge in [-0.15, -0.1) is 0 Å². The van der Waals surface area contributed by atoms with E-state index < -0.39 is 0 Å². The van der Waals surface area contributed by atoms with Gasteiger partial charge in [-0.3, -0.25) is 4.79 Å². The Hall–Kier alpha value is -1.71. The summed E-state index contributed by atoms with van der Waals surface area (Å²) < 4.78 is 5.17. The van der Waals surface area contributed by atoms with E-state index in [1.807, 2.05) is 0 Å². The fourth-order valence-corrected chi connectivity index (χ4v) is 2.14. The summed E-state index contributed by atoms with van der Waals surface area (Å²) in [6, 6.07) is 5.23. The monoisotopic (exact) mass is 248 g/mol. The summed E-state index contributed by atoms with van der Waals surface area (Å²) >= 11 is 0. The number of anilines is 1. The lowest BCUT2D eigenvalue weighted by Gasteiger charge is -2.14. The molecule has 1 saturated carbocycles. The molecule has 1 aromatic rings. The molecule has 1 fully saturated rings. The Balaban J connectivity index is 2.03. The minimum absolute atomic E-state index is 0.155. The fourth-order valence-electron chi connectivity index (χ4n) is 2.14. The van der Waals surface area contributed by atoms with Crippen LogP contribution < -0.4 is 15.8 Å². The second-order valence-corrected chi connectivity index (χ2v) is 4.95. The molecule has 4 heteroatoms. The van der Waals surface area contributed by atoms with Gasteiger partial charge >= 0.3 is 0 Å². The van der Waals surface area contributed by atoms with E-state index in [1.54, 1.807) is 25.3 Å². The van der Waals surface area contributed by atoms with Gasteiger partial charge in [0.2, 0.25) is 0 Å². The molecule has 1 unspecified atom stereocenters. The van der Waals surface area contributed by atoms with Crippen LogP contribution in [0.3, 0.4) is 0 Å². The van der Waals surface area contributed by atoms with Gasteiger partial charge in [-0.05, 0) is 36.8 Å². The van der Waals surface area contributed by atoms with Crippen molar-refractivity contribution in [2.75, 3.05) is 19.4 Å². The molecule has 0 aromatic heterocycles. The van der Waals surface area contributed by atoms with Crippen LogP contribution in [-0.2, 0) is 0 Å². The molecular formula is C14H20N2O2. The molecule has 0 radical (unpaired) electrons. The van der Waals surface area contributed by atoms with Crippen LogP contribution >= 0.6 is 0 Å². The number of carbonyl (C=O) groups excluding carboxylic acids is 1. The molecule has 1 aliphatic rings. The molecule has 0 saturated heterocycles. The van der Waals surface area contributed by atoms with E-state index in [0.717, 1.165) is 5.92 Å². The van der Waals surface area contributed by atoms with Crippen molar-refractivity contribution in [2.45, 2.75) is 19.8 Å². The lowest BCUT2D eigenvalue weighted by Crippen LogP contribution is -2.29. The molecule has 2 rings (SSSR count). The van der Waals surface area contributed by atoms with Gasteiger partial charge in [-0.25, -0.2) is 0 Å². The molecular weight excluding hydrogens is 228 g/mol. The van der Waals surface area contributed by atoms with Gasteiger partial charge < -0.3 is 15.8 Å². The van der Waals surface area contributed by atoms with E-state index in [1.165, 1.54) is 12.8 Å². The van der Waals surface area contributed by atoms with Crippen molar-refractivity contribution in [1.29, 1.82) is 0 Å². The molecule has 4 nitrogen and oxygen atoms in total. The van der Waals surface area contributed by atoms with Crippen molar-refractivity contribution in [3.05, 3.63) is 23.8 Å². The van der Waals surface area contributed by atoms with E-state index in [4.69, 9.17) is 10.5 Å². The maximum absolute atomic E-state index is 12.1. The summed E-state index contributed by atoms with van der Waals surface area (Å²) in [6.45, 7) is 2.87. The fraction of sp³-hybridized carbons (Fsp3) is 0.500. The van der Waals surface area contributed by atoms with Gasteiger partial charge in [0.15, 0.2) is 0 Å². The third-order valence-corrected chi connectivity index (χ3v) is 3.52. The number of carbonyl (C=O) groups is 1. The van der Waals surface area contributed by atoms with Gasteiger partial charge in [0.05, 0.1) is 7.11 Å². The number of benzene rings is 1. The van der Waals surface area contributed by atoms with Gasteiger partial charge in [0, 0.05) is 12.2 Å². The molecule has 0 bridgehead atoms. The zero-order valence-corrected chi connectivity index (χ0v) is 10.9. The van der Waals surface area contributed by atoms with Crippen molar-refractivity contribution in [3.63, 3.8) is 0 Å². The third-order valence-electron chi connectivity index (χ3n) is 3.52. The Morgan fingerprint density at radius 3 is 2.89 bits per heavy atom. The molecule has 0 heterocycles. The number of nitrogen functional groups attached to an aromatic ring is 1. The zero-order valence-electron chi connectivity index (χ0n) is 10.9. The Labute approximate surface area is 108 Å². The van der Waals surface area contributed by atoms with Crippen LogP contribution in [0.4, 0.5) is 5.69 Å². The molecule has 3 N–H and O–H groups in total. The number of ether oxygens (including phenoxy) is 1. The average molecular weight is 248 g/mol. The van der Waals surface area contributed by atoms with E-state index in [2.05, 4.69) is 12.2 Å². The highest BCUT2D eigenvalue weighted by Gasteiger charge is 2.28. The maximum Gasteiger partial charge on any atom is 0.257 e. The van der Waals surface area contributed by atoms with Crippen molar-refractivity contribution in [2.24, 2.45) is 11.8 Å². The highest BCUT2D eigenvalue weighted by Crippen LogP contribution is 2.36. The van der Waals surface area contributed by atoms with Gasteiger partial charge in [0.25, 0.3) is 5.91 Å². The first kappa shape index (κ1) is 12.7. The molecule has 1 atom stereocenters. The molecule has 1 aromatic carbocycles. The topological polar surface area (TPSA) is 64.3 Å². The molecule has 1 amide bonds. The summed E-state index contributed by atoms with van der Waals surface area (Å²) in [7, 11) is 1.54. The van der Waals surface area contributed by atoms with E-state index >= 15 is 0 Å². The smallest absolute Gasteiger partial charge is 0.257 e. The van der Waals surface area contributed by atoms with E-state index in [0.29, 0.717) is 29.5 Å². The van der Waals surface area contributed by atoms with Crippen LogP contribution in [0, 0.1) is 11.8 Å². The summed E-state index contributed by atoms with van der Waals surface area (Å²) in [6.07, 6.45) is 2.57. The Bertz CT molecular complexity index is 441. The van der Waals surface area contributed by atoms with Crippen LogP contribution in [0.1, 0.15) is 30.1 Å². The normalized spacial score (nSPS) is 16.1. The predicted molar refractivity (Wildman–Crippen MR) is 71.6 cm³/mol. The maximum atomic E-state index is 12.1. The predicted octanol–water partition coefficient (Wildman–Crippen LogP) is 2.05. The number of nitrogens with one attached hydrogen (secondary N) is 1. The SMILES string of the molecule is COc1cccc(N)c1C(=O)NCC(C)C1CC1. The Kier molecular flexibility index (Phi) is 3.75. The lowest BCUT2D eigenvalue weighted by molar-refractivity contribution is 0.0944. The first-order chi connectivity index (χ1) is 8.63. The Morgan fingerprint density at radius 2 is 2.28 bits per heavy atom. The average Bonchev–Trinajstić information content (AvgIpc) is 3.19. The second-order valence-electron chi connectivity index (χ2n) is 4.95. The number of rotatable bonds is 5. The number of hydrogen-bond donors (Lipinski definition) is 2. The number of methoxy groups -OCH3 is 1. The quantitative estimate of drug-likeness (QED) is 0.784. The van der Waals surface area contributed by atoms with Gasteiger partial charge in [0.1, 0.15) is 11.3 Å². The molecule has 98 valence electrons. The minimum Gasteiger partial charge on any atom is -0.496 e. The minimum atomic E-state index is -0.155. The second kappa shape index (κ2) is 5.29. The summed E-state index contributed by atoms with van der Waals surface area (Å²) in [5, 5.41) is 2.94. The van der Waals surface area contributed by atoms with Crippen LogP contribution in [0.25, 0.3) is 0 Å². The largest absolute Gasteiger partial charge is 0.496 e. The van der Waals surface area contributed by atoms with Gasteiger partial charge in [-0.2, -0.15) is 0 Å². The standard InChI is InChI=1S/C14H20N2O2/c1-9(10-6-7-10)8-16-14(17)13-11(15)4-3-5-12(13)18-2/h3-5,9-10H,6-8,15H2,1-2H3,(H,16,17).